The first-order valence-corrected chi connectivity index (χ1v) is 9.60. The second kappa shape index (κ2) is 9.71. The van der Waals surface area contributed by atoms with Crippen molar-refractivity contribution in [3.63, 3.8) is 0 Å². The number of ether oxygens (including phenoxy) is 1. The molecule has 0 bridgehead atoms. The highest BCUT2D eigenvalue weighted by atomic mass is 16.7. The van der Waals surface area contributed by atoms with Crippen molar-refractivity contribution in [2.45, 2.75) is 73.3 Å². The standard InChI is InChI=1S/C22H33NO5/c1-15(11-12-18(24)23-28-20(26)21(2,3)4)13-16-9-8-10-17(14-16)19(25)27-22(5,6)7/h8-10,14-15H,11-13H2,1-7H3,(H,23,24). The molecule has 1 aromatic carbocycles. The van der Waals surface area contributed by atoms with Crippen LogP contribution in [0.3, 0.4) is 0 Å². The first-order chi connectivity index (χ1) is 12.8. The van der Waals surface area contributed by atoms with Crippen molar-refractivity contribution in [3.05, 3.63) is 35.4 Å². The van der Waals surface area contributed by atoms with Crippen molar-refractivity contribution in [1.82, 2.24) is 5.48 Å². The SMILES string of the molecule is CC(CCC(=O)NOC(=O)C(C)(C)C)Cc1cccc(C(=O)OC(C)(C)C)c1. The van der Waals surface area contributed by atoms with E-state index in [9.17, 15) is 14.4 Å². The van der Waals surface area contributed by atoms with E-state index in [1.807, 2.05) is 45.9 Å². The summed E-state index contributed by atoms with van der Waals surface area (Å²) in [5.74, 6) is -0.931. The van der Waals surface area contributed by atoms with Crippen molar-refractivity contribution in [3.8, 4) is 0 Å². The predicted molar refractivity (Wildman–Crippen MR) is 107 cm³/mol. The third-order valence-corrected chi connectivity index (χ3v) is 3.88. The number of hydroxylamine groups is 1. The van der Waals surface area contributed by atoms with Gasteiger partial charge >= 0.3 is 11.9 Å². The lowest BCUT2D eigenvalue weighted by Gasteiger charge is -2.20. The monoisotopic (exact) mass is 391 g/mol. The maximum Gasteiger partial charge on any atom is 0.338 e. The Kier molecular flexibility index (Phi) is 8.21. The van der Waals surface area contributed by atoms with Gasteiger partial charge in [0, 0.05) is 6.42 Å². The van der Waals surface area contributed by atoms with Crippen LogP contribution in [0.15, 0.2) is 24.3 Å². The van der Waals surface area contributed by atoms with E-state index in [0.29, 0.717) is 12.0 Å². The van der Waals surface area contributed by atoms with E-state index in [-0.39, 0.29) is 24.2 Å². The van der Waals surface area contributed by atoms with Crippen LogP contribution in [0.1, 0.15) is 77.2 Å². The van der Waals surface area contributed by atoms with Crippen LogP contribution < -0.4 is 5.48 Å². The molecule has 0 saturated carbocycles. The number of hydrogen-bond acceptors (Lipinski definition) is 5. The first kappa shape index (κ1) is 23.7. The largest absolute Gasteiger partial charge is 0.456 e. The van der Waals surface area contributed by atoms with E-state index >= 15 is 0 Å². The Morgan fingerprint density at radius 1 is 1.07 bits per heavy atom. The van der Waals surface area contributed by atoms with Gasteiger partial charge in [0.2, 0.25) is 0 Å². The smallest absolute Gasteiger partial charge is 0.338 e. The number of amides is 1. The molecular weight excluding hydrogens is 358 g/mol. The van der Waals surface area contributed by atoms with Gasteiger partial charge in [-0.05, 0) is 78.0 Å². The Morgan fingerprint density at radius 3 is 2.29 bits per heavy atom. The summed E-state index contributed by atoms with van der Waals surface area (Å²) in [6.07, 6.45) is 1.62. The molecule has 6 heteroatoms. The van der Waals surface area contributed by atoms with Crippen LogP contribution >= 0.6 is 0 Å². The zero-order valence-electron chi connectivity index (χ0n) is 18.0. The molecule has 0 heterocycles. The van der Waals surface area contributed by atoms with Crippen LogP contribution in [0.2, 0.25) is 0 Å². The van der Waals surface area contributed by atoms with Gasteiger partial charge in [-0.15, -0.1) is 0 Å². The molecule has 1 atom stereocenters. The Morgan fingerprint density at radius 2 is 1.71 bits per heavy atom. The molecule has 0 fully saturated rings. The Bertz CT molecular complexity index is 698. The zero-order chi connectivity index (χ0) is 21.5. The molecule has 156 valence electrons. The van der Waals surface area contributed by atoms with Crippen molar-refractivity contribution >= 4 is 17.8 Å². The van der Waals surface area contributed by atoms with Gasteiger partial charge in [-0.2, -0.15) is 5.48 Å². The molecule has 0 spiro atoms. The normalized spacial score (nSPS) is 12.8. The molecule has 1 N–H and O–H groups in total. The number of benzene rings is 1. The van der Waals surface area contributed by atoms with E-state index in [1.165, 1.54) is 0 Å². The lowest BCUT2D eigenvalue weighted by Crippen LogP contribution is -2.33. The number of rotatable bonds is 6. The second-order valence-electron chi connectivity index (χ2n) is 9.21. The summed E-state index contributed by atoms with van der Waals surface area (Å²) in [7, 11) is 0. The number of hydrogen-bond donors (Lipinski definition) is 1. The van der Waals surface area contributed by atoms with Crippen molar-refractivity contribution < 1.29 is 24.0 Å². The van der Waals surface area contributed by atoms with Crippen molar-refractivity contribution in [1.29, 1.82) is 0 Å². The first-order valence-electron chi connectivity index (χ1n) is 9.60. The molecule has 0 aliphatic rings. The maximum absolute atomic E-state index is 12.2. The minimum absolute atomic E-state index is 0.220. The molecular formula is C22H33NO5. The fourth-order valence-electron chi connectivity index (χ4n) is 2.35. The lowest BCUT2D eigenvalue weighted by atomic mass is 9.95. The average molecular weight is 392 g/mol. The quantitative estimate of drug-likeness (QED) is 0.580. The van der Waals surface area contributed by atoms with Gasteiger partial charge in [0.1, 0.15) is 5.60 Å². The highest BCUT2D eigenvalue weighted by molar-refractivity contribution is 5.89. The van der Waals surface area contributed by atoms with Gasteiger partial charge in [-0.25, -0.2) is 9.59 Å². The summed E-state index contributed by atoms with van der Waals surface area (Å²) < 4.78 is 5.40. The molecule has 0 saturated heterocycles. The number of nitrogens with one attached hydrogen (secondary N) is 1. The molecule has 1 amide bonds. The fraction of sp³-hybridized carbons (Fsp3) is 0.591. The molecule has 0 aliphatic carbocycles. The molecule has 28 heavy (non-hydrogen) atoms. The van der Waals surface area contributed by atoms with Crippen LogP contribution in [-0.4, -0.2) is 23.4 Å². The van der Waals surface area contributed by atoms with E-state index in [2.05, 4.69) is 5.48 Å². The topological polar surface area (TPSA) is 81.7 Å². The number of carbonyl (C=O) groups excluding carboxylic acids is 3. The molecule has 6 nitrogen and oxygen atoms in total. The van der Waals surface area contributed by atoms with E-state index in [4.69, 9.17) is 9.57 Å². The van der Waals surface area contributed by atoms with Gasteiger partial charge < -0.3 is 9.57 Å². The predicted octanol–water partition coefficient (Wildman–Crippen LogP) is 4.22. The highest BCUT2D eigenvalue weighted by Crippen LogP contribution is 2.18. The Hall–Kier alpha value is -2.37. The third kappa shape index (κ3) is 9.02. The molecule has 1 aromatic rings. The molecule has 0 aliphatic heterocycles. The summed E-state index contributed by atoms with van der Waals surface area (Å²) in [5.41, 5.74) is 2.53. The molecule has 1 unspecified atom stereocenters. The van der Waals surface area contributed by atoms with E-state index < -0.39 is 17.0 Å². The van der Waals surface area contributed by atoms with Crippen LogP contribution in [0.4, 0.5) is 0 Å². The van der Waals surface area contributed by atoms with E-state index in [0.717, 1.165) is 12.0 Å². The van der Waals surface area contributed by atoms with Crippen LogP contribution in [0, 0.1) is 11.3 Å². The van der Waals surface area contributed by atoms with Gasteiger partial charge in [0.25, 0.3) is 5.91 Å². The van der Waals surface area contributed by atoms with Gasteiger partial charge in [0.05, 0.1) is 11.0 Å². The van der Waals surface area contributed by atoms with Gasteiger partial charge in [-0.1, -0.05) is 19.1 Å². The van der Waals surface area contributed by atoms with Crippen molar-refractivity contribution in [2.24, 2.45) is 11.3 Å². The Labute approximate surface area is 167 Å². The lowest BCUT2D eigenvalue weighted by molar-refractivity contribution is -0.166. The van der Waals surface area contributed by atoms with E-state index in [1.54, 1.807) is 26.8 Å². The van der Waals surface area contributed by atoms with Crippen LogP contribution in [0.25, 0.3) is 0 Å². The van der Waals surface area contributed by atoms with Crippen molar-refractivity contribution in [2.75, 3.05) is 0 Å². The maximum atomic E-state index is 12.2. The summed E-state index contributed by atoms with van der Waals surface area (Å²) >= 11 is 0. The highest BCUT2D eigenvalue weighted by Gasteiger charge is 2.24. The minimum Gasteiger partial charge on any atom is -0.456 e. The van der Waals surface area contributed by atoms with Gasteiger partial charge in [0.15, 0.2) is 0 Å². The average Bonchev–Trinajstić information content (AvgIpc) is 2.55. The zero-order valence-corrected chi connectivity index (χ0v) is 18.0. The van der Waals surface area contributed by atoms with Crippen LogP contribution in [0.5, 0.6) is 0 Å². The number of carbonyl (C=O) groups is 3. The summed E-state index contributed by atoms with van der Waals surface area (Å²) in [4.78, 5) is 40.5. The summed E-state index contributed by atoms with van der Waals surface area (Å²) in [6, 6.07) is 7.35. The fourth-order valence-corrected chi connectivity index (χ4v) is 2.35. The molecule has 0 aromatic heterocycles. The number of esters is 1. The van der Waals surface area contributed by atoms with Crippen LogP contribution in [-0.2, 0) is 25.6 Å². The molecule has 1 rings (SSSR count). The third-order valence-electron chi connectivity index (χ3n) is 3.88. The van der Waals surface area contributed by atoms with Gasteiger partial charge in [-0.3, -0.25) is 4.79 Å². The summed E-state index contributed by atoms with van der Waals surface area (Å²) in [5, 5.41) is 0. The summed E-state index contributed by atoms with van der Waals surface area (Å²) in [6.45, 7) is 12.7. The minimum atomic E-state index is -0.667. The second-order valence-corrected chi connectivity index (χ2v) is 9.21. The Balaban J connectivity index is 2.50. The molecule has 0 radical (unpaired) electrons.